The van der Waals surface area contributed by atoms with Crippen molar-refractivity contribution in [1.29, 1.82) is 0 Å². The highest BCUT2D eigenvalue weighted by atomic mass is 19.1. The van der Waals surface area contributed by atoms with Crippen LogP contribution >= 0.6 is 0 Å². The number of anilines is 1. The molecule has 4 rings (SSSR count). The summed E-state index contributed by atoms with van der Waals surface area (Å²) in [4.78, 5) is 20.9. The third-order valence-corrected chi connectivity index (χ3v) is 4.69. The Bertz CT molecular complexity index is 1220. The molecule has 4 aromatic rings. The first-order valence-corrected chi connectivity index (χ1v) is 9.90. The van der Waals surface area contributed by atoms with Gasteiger partial charge >= 0.3 is 0 Å². The molecule has 0 saturated heterocycles. The zero-order valence-electron chi connectivity index (χ0n) is 16.8. The van der Waals surface area contributed by atoms with Crippen LogP contribution in [0, 0.1) is 5.82 Å². The van der Waals surface area contributed by atoms with Crippen molar-refractivity contribution in [2.75, 3.05) is 5.32 Å². The van der Waals surface area contributed by atoms with Gasteiger partial charge in [0, 0.05) is 18.0 Å². The van der Waals surface area contributed by atoms with E-state index in [1.165, 1.54) is 18.3 Å². The smallest absolute Gasteiger partial charge is 0.270 e. The van der Waals surface area contributed by atoms with Gasteiger partial charge in [-0.3, -0.25) is 9.78 Å². The van der Waals surface area contributed by atoms with E-state index in [4.69, 9.17) is 4.42 Å². The molecule has 8 nitrogen and oxygen atoms in total. The van der Waals surface area contributed by atoms with E-state index in [-0.39, 0.29) is 46.3 Å². The van der Waals surface area contributed by atoms with Crippen molar-refractivity contribution < 1.29 is 18.7 Å². The van der Waals surface area contributed by atoms with Gasteiger partial charge in [0.15, 0.2) is 11.4 Å². The monoisotopic (exact) mass is 421 g/mol. The van der Waals surface area contributed by atoms with E-state index < -0.39 is 0 Å². The first-order valence-electron chi connectivity index (χ1n) is 9.90. The fourth-order valence-electron chi connectivity index (χ4n) is 3.10. The number of hydrogen-bond acceptors (Lipinski definition) is 7. The number of carbonyl (C=O) groups is 1. The van der Waals surface area contributed by atoms with E-state index >= 15 is 0 Å². The Morgan fingerprint density at radius 2 is 2.00 bits per heavy atom. The molecule has 158 valence electrons. The lowest BCUT2D eigenvalue weighted by molar-refractivity contribution is -0.116. The second-order valence-corrected chi connectivity index (χ2v) is 7.01. The summed E-state index contributed by atoms with van der Waals surface area (Å²) in [6.45, 7) is 2.00. The van der Waals surface area contributed by atoms with Gasteiger partial charge in [-0.2, -0.15) is 0 Å². The standard InChI is InChI=1S/C22H20FN5O3/c1-2-3-6-16(29)25-21-15-5-4-11-24-18(15)20(30)19(26-21)22-28-27-17(31-22)12-13-7-9-14(23)10-8-13/h4-5,7-11,30H,2-3,6,12H2,1H3,(H,25,26,29). The van der Waals surface area contributed by atoms with Crippen molar-refractivity contribution >= 4 is 22.6 Å². The van der Waals surface area contributed by atoms with E-state index in [0.29, 0.717) is 18.2 Å². The molecule has 0 spiro atoms. The number of hydrogen-bond donors (Lipinski definition) is 2. The van der Waals surface area contributed by atoms with Crippen LogP contribution in [0.15, 0.2) is 47.0 Å². The Balaban J connectivity index is 1.69. The molecule has 0 unspecified atom stereocenters. The number of nitrogens with zero attached hydrogens (tertiary/aromatic N) is 4. The predicted molar refractivity (Wildman–Crippen MR) is 112 cm³/mol. The Kier molecular flexibility index (Phi) is 5.83. The van der Waals surface area contributed by atoms with Gasteiger partial charge in [0.1, 0.15) is 17.2 Å². The van der Waals surface area contributed by atoms with Crippen LogP contribution in [0.25, 0.3) is 22.5 Å². The summed E-state index contributed by atoms with van der Waals surface area (Å²) in [6, 6.07) is 9.35. The van der Waals surface area contributed by atoms with E-state index in [9.17, 15) is 14.3 Å². The number of halogens is 1. The summed E-state index contributed by atoms with van der Waals surface area (Å²) in [5, 5.41) is 22.0. The number of carbonyl (C=O) groups excluding carboxylic acids is 1. The molecule has 0 fully saturated rings. The zero-order chi connectivity index (χ0) is 21.8. The molecule has 2 N–H and O–H groups in total. The van der Waals surface area contributed by atoms with Gasteiger partial charge in [-0.05, 0) is 36.2 Å². The summed E-state index contributed by atoms with van der Waals surface area (Å²) in [6.07, 6.45) is 3.83. The lowest BCUT2D eigenvalue weighted by Crippen LogP contribution is -2.13. The molecule has 0 aliphatic carbocycles. The van der Waals surface area contributed by atoms with E-state index in [1.807, 2.05) is 6.92 Å². The average Bonchev–Trinajstić information content (AvgIpc) is 3.24. The van der Waals surface area contributed by atoms with Gasteiger partial charge in [0.25, 0.3) is 5.89 Å². The third kappa shape index (κ3) is 4.50. The van der Waals surface area contributed by atoms with Crippen LogP contribution in [0.5, 0.6) is 5.75 Å². The average molecular weight is 421 g/mol. The minimum Gasteiger partial charge on any atom is -0.504 e. The number of rotatable bonds is 7. The summed E-state index contributed by atoms with van der Waals surface area (Å²) in [5.41, 5.74) is 1.07. The number of unbranched alkanes of at least 4 members (excludes halogenated alkanes) is 1. The number of amides is 1. The lowest BCUT2D eigenvalue weighted by Gasteiger charge is -2.10. The third-order valence-electron chi connectivity index (χ3n) is 4.69. The molecule has 9 heteroatoms. The van der Waals surface area contributed by atoms with Gasteiger partial charge in [-0.25, -0.2) is 9.37 Å². The Hall–Kier alpha value is -3.88. The number of pyridine rings is 2. The molecule has 3 heterocycles. The quantitative estimate of drug-likeness (QED) is 0.459. The number of benzene rings is 1. The second kappa shape index (κ2) is 8.86. The Morgan fingerprint density at radius 3 is 2.77 bits per heavy atom. The largest absolute Gasteiger partial charge is 0.504 e. The molecule has 31 heavy (non-hydrogen) atoms. The summed E-state index contributed by atoms with van der Waals surface area (Å²) < 4.78 is 18.8. The zero-order valence-corrected chi connectivity index (χ0v) is 16.8. The number of nitrogens with one attached hydrogen (secondary N) is 1. The molecular formula is C22H20FN5O3. The Labute approximate surface area is 177 Å². The number of fused-ring (bicyclic) bond motifs is 1. The number of aromatic nitrogens is 4. The predicted octanol–water partition coefficient (Wildman–Crippen LogP) is 4.24. The molecule has 0 aliphatic heterocycles. The lowest BCUT2D eigenvalue weighted by atomic mass is 10.1. The van der Waals surface area contributed by atoms with Crippen molar-refractivity contribution in [2.24, 2.45) is 0 Å². The van der Waals surface area contributed by atoms with Gasteiger partial charge in [-0.1, -0.05) is 25.5 Å². The van der Waals surface area contributed by atoms with Gasteiger partial charge in [0.2, 0.25) is 11.8 Å². The molecule has 1 amide bonds. The molecule has 0 saturated carbocycles. The second-order valence-electron chi connectivity index (χ2n) is 7.01. The highest BCUT2D eigenvalue weighted by molar-refractivity contribution is 6.02. The first kappa shape index (κ1) is 20.4. The van der Waals surface area contributed by atoms with Crippen molar-refractivity contribution in [3.05, 3.63) is 59.9 Å². The summed E-state index contributed by atoms with van der Waals surface area (Å²) >= 11 is 0. The minimum atomic E-state index is -0.332. The van der Waals surface area contributed by atoms with Crippen LogP contribution in [0.1, 0.15) is 37.6 Å². The van der Waals surface area contributed by atoms with Crippen LogP contribution in [0.4, 0.5) is 10.2 Å². The SMILES string of the molecule is CCCCC(=O)Nc1nc(-c2nnc(Cc3ccc(F)cc3)o2)c(O)c2ncccc12. The van der Waals surface area contributed by atoms with Gasteiger partial charge < -0.3 is 14.8 Å². The van der Waals surface area contributed by atoms with Crippen LogP contribution in [0.3, 0.4) is 0 Å². The molecule has 0 aliphatic rings. The fraction of sp³-hybridized carbons (Fsp3) is 0.227. The topological polar surface area (TPSA) is 114 Å². The maximum absolute atomic E-state index is 13.1. The number of aromatic hydroxyl groups is 1. The van der Waals surface area contributed by atoms with Crippen molar-refractivity contribution in [3.63, 3.8) is 0 Å². The maximum atomic E-state index is 13.1. The first-order chi connectivity index (χ1) is 15.0. The minimum absolute atomic E-state index is 0.00813. The molecule has 0 radical (unpaired) electrons. The maximum Gasteiger partial charge on any atom is 0.270 e. The van der Waals surface area contributed by atoms with E-state index in [2.05, 4.69) is 25.5 Å². The van der Waals surface area contributed by atoms with E-state index in [1.54, 1.807) is 24.3 Å². The molecule has 3 aromatic heterocycles. The van der Waals surface area contributed by atoms with Crippen LogP contribution in [-0.4, -0.2) is 31.2 Å². The molecule has 1 aromatic carbocycles. The van der Waals surface area contributed by atoms with Crippen molar-refractivity contribution in [1.82, 2.24) is 20.2 Å². The van der Waals surface area contributed by atoms with Crippen molar-refractivity contribution in [2.45, 2.75) is 32.6 Å². The summed E-state index contributed by atoms with van der Waals surface area (Å²) in [5.74, 6) is -0.210. The Morgan fingerprint density at radius 1 is 1.19 bits per heavy atom. The van der Waals surface area contributed by atoms with Gasteiger partial charge in [0.05, 0.1) is 6.42 Å². The molecule has 0 atom stereocenters. The summed E-state index contributed by atoms with van der Waals surface area (Å²) in [7, 11) is 0. The van der Waals surface area contributed by atoms with Crippen LogP contribution in [0.2, 0.25) is 0 Å². The van der Waals surface area contributed by atoms with Crippen LogP contribution < -0.4 is 5.32 Å². The molecular weight excluding hydrogens is 401 g/mol. The molecule has 0 bridgehead atoms. The normalized spacial score (nSPS) is 11.0. The van der Waals surface area contributed by atoms with Crippen molar-refractivity contribution in [3.8, 4) is 17.3 Å². The highest BCUT2D eigenvalue weighted by Crippen LogP contribution is 2.36. The fourth-order valence-corrected chi connectivity index (χ4v) is 3.10. The van der Waals surface area contributed by atoms with E-state index in [0.717, 1.165) is 18.4 Å². The van der Waals surface area contributed by atoms with Crippen LogP contribution in [-0.2, 0) is 11.2 Å². The highest BCUT2D eigenvalue weighted by Gasteiger charge is 2.21. The van der Waals surface area contributed by atoms with Gasteiger partial charge in [-0.15, -0.1) is 10.2 Å².